The van der Waals surface area contributed by atoms with Crippen LogP contribution >= 0.6 is 0 Å². The molecule has 1 aromatic rings. The highest BCUT2D eigenvalue weighted by atomic mass is 16.1. The van der Waals surface area contributed by atoms with E-state index in [4.69, 9.17) is 0 Å². The van der Waals surface area contributed by atoms with Gasteiger partial charge >= 0.3 is 0 Å². The number of rotatable bonds is 1. The lowest BCUT2D eigenvalue weighted by Crippen LogP contribution is -2.20. The normalized spacial score (nSPS) is 16.1. The van der Waals surface area contributed by atoms with E-state index in [0.717, 1.165) is 17.9 Å². The van der Waals surface area contributed by atoms with Crippen LogP contribution in [0.1, 0.15) is 43.4 Å². The van der Waals surface area contributed by atoms with E-state index in [1.54, 1.807) is 0 Å². The van der Waals surface area contributed by atoms with Gasteiger partial charge in [-0.1, -0.05) is 13.8 Å². The van der Waals surface area contributed by atoms with Crippen molar-refractivity contribution in [1.29, 1.82) is 0 Å². The van der Waals surface area contributed by atoms with E-state index < -0.39 is 0 Å². The van der Waals surface area contributed by atoms with Crippen molar-refractivity contribution in [2.75, 3.05) is 0 Å². The van der Waals surface area contributed by atoms with Gasteiger partial charge in [-0.2, -0.15) is 0 Å². The lowest BCUT2D eigenvalue weighted by Gasteiger charge is -2.13. The number of hydrogen-bond donors (Lipinski definition) is 0. The molecule has 0 aromatic carbocycles. The van der Waals surface area contributed by atoms with Gasteiger partial charge in [-0.3, -0.25) is 4.79 Å². The summed E-state index contributed by atoms with van der Waals surface area (Å²) in [6.45, 7) is 6.87. The number of aromatic nitrogens is 2. The van der Waals surface area contributed by atoms with Crippen LogP contribution in [0.4, 0.5) is 0 Å². The summed E-state index contributed by atoms with van der Waals surface area (Å²) in [5, 5.41) is 0. The maximum absolute atomic E-state index is 11.3. The molecule has 76 valence electrons. The smallest absolute Gasteiger partial charge is 0.153 e. The Hall–Kier alpha value is -1.12. The van der Waals surface area contributed by atoms with Crippen molar-refractivity contribution < 1.29 is 4.79 Å². The van der Waals surface area contributed by atoms with Crippen molar-refractivity contribution >= 4 is 5.78 Å². The number of ketones is 1. The van der Waals surface area contributed by atoms with Gasteiger partial charge in [0.05, 0.1) is 12.2 Å². The highest BCUT2D eigenvalue weighted by Gasteiger charge is 2.21. The van der Waals surface area contributed by atoms with Gasteiger partial charge in [0, 0.05) is 18.5 Å². The number of carbonyl (C=O) groups excluding carboxylic acids is 1. The van der Waals surface area contributed by atoms with Gasteiger partial charge in [0.1, 0.15) is 5.82 Å². The Balaban J connectivity index is 2.46. The van der Waals surface area contributed by atoms with Crippen LogP contribution in [0.25, 0.3) is 0 Å². The lowest BCUT2D eigenvalue weighted by molar-refractivity contribution is -0.120. The van der Waals surface area contributed by atoms with Crippen LogP contribution in [0.2, 0.25) is 0 Å². The zero-order chi connectivity index (χ0) is 10.3. The minimum absolute atomic E-state index is 0.327. The van der Waals surface area contributed by atoms with Crippen LogP contribution in [0.5, 0.6) is 0 Å². The van der Waals surface area contributed by atoms with E-state index in [1.165, 1.54) is 5.69 Å². The van der Waals surface area contributed by atoms with Crippen LogP contribution in [-0.2, 0) is 17.8 Å². The largest absolute Gasteiger partial charge is 0.325 e. The lowest BCUT2D eigenvalue weighted by atomic mass is 10.1. The van der Waals surface area contributed by atoms with Crippen molar-refractivity contribution in [2.24, 2.45) is 0 Å². The third-order valence-electron chi connectivity index (χ3n) is 2.85. The topological polar surface area (TPSA) is 34.9 Å². The second-order valence-electron chi connectivity index (χ2n) is 4.28. The third-order valence-corrected chi connectivity index (χ3v) is 2.85. The first-order chi connectivity index (χ1) is 6.59. The van der Waals surface area contributed by atoms with E-state index in [9.17, 15) is 4.79 Å². The molecule has 0 saturated carbocycles. The number of hydrogen-bond acceptors (Lipinski definition) is 2. The Morgan fingerprint density at radius 1 is 1.36 bits per heavy atom. The first-order valence-corrected chi connectivity index (χ1v) is 5.17. The highest BCUT2D eigenvalue weighted by Crippen LogP contribution is 2.22. The minimum Gasteiger partial charge on any atom is -0.325 e. The Labute approximate surface area is 84.1 Å². The van der Waals surface area contributed by atoms with E-state index >= 15 is 0 Å². The molecule has 0 bridgehead atoms. The molecule has 0 aliphatic carbocycles. The average Bonchev–Trinajstić information content (AvgIpc) is 2.44. The molecule has 0 amide bonds. The molecule has 2 rings (SSSR count). The quantitative estimate of drug-likeness (QED) is 0.680. The standard InChI is InChI=1S/C11H16N2O/c1-7(2)11-8(3)13-6-9(14)4-5-10(13)12-11/h7H,4-6H2,1-3H3. The molecule has 0 unspecified atom stereocenters. The average molecular weight is 192 g/mol. The van der Waals surface area contributed by atoms with Crippen LogP contribution < -0.4 is 0 Å². The third kappa shape index (κ3) is 1.37. The van der Waals surface area contributed by atoms with Gasteiger partial charge in [0.15, 0.2) is 5.78 Å². The number of imidazole rings is 1. The van der Waals surface area contributed by atoms with Crippen LogP contribution in [0.15, 0.2) is 0 Å². The molecule has 0 fully saturated rings. The summed E-state index contributed by atoms with van der Waals surface area (Å²) >= 11 is 0. The molecule has 2 heterocycles. The van der Waals surface area contributed by atoms with Gasteiger partial charge in [-0.25, -0.2) is 4.98 Å². The van der Waals surface area contributed by atoms with Crippen molar-refractivity contribution in [3.8, 4) is 0 Å². The van der Waals surface area contributed by atoms with Crippen molar-refractivity contribution in [2.45, 2.75) is 46.1 Å². The molecule has 3 nitrogen and oxygen atoms in total. The molecule has 0 N–H and O–H groups in total. The summed E-state index contributed by atoms with van der Waals surface area (Å²) < 4.78 is 2.07. The Morgan fingerprint density at radius 2 is 2.07 bits per heavy atom. The summed E-state index contributed by atoms with van der Waals surface area (Å²) in [5.41, 5.74) is 2.32. The molecule has 14 heavy (non-hydrogen) atoms. The maximum Gasteiger partial charge on any atom is 0.153 e. The predicted molar refractivity (Wildman–Crippen MR) is 54.4 cm³/mol. The zero-order valence-corrected chi connectivity index (χ0v) is 9.00. The van der Waals surface area contributed by atoms with Gasteiger partial charge in [-0.15, -0.1) is 0 Å². The van der Waals surface area contributed by atoms with Gasteiger partial charge in [0.2, 0.25) is 0 Å². The Morgan fingerprint density at radius 3 is 2.71 bits per heavy atom. The summed E-state index contributed by atoms with van der Waals surface area (Å²) in [4.78, 5) is 15.9. The van der Waals surface area contributed by atoms with Crippen molar-refractivity contribution in [1.82, 2.24) is 9.55 Å². The minimum atomic E-state index is 0.327. The summed E-state index contributed by atoms with van der Waals surface area (Å²) in [5.74, 6) is 1.86. The summed E-state index contributed by atoms with van der Waals surface area (Å²) in [6.07, 6.45) is 1.47. The Bertz CT molecular complexity index is 377. The molecule has 0 spiro atoms. The number of nitrogens with zero attached hydrogens (tertiary/aromatic N) is 2. The van der Waals surface area contributed by atoms with Gasteiger partial charge < -0.3 is 4.57 Å². The monoisotopic (exact) mass is 192 g/mol. The molecule has 1 aliphatic rings. The highest BCUT2D eigenvalue weighted by molar-refractivity contribution is 5.79. The first-order valence-electron chi connectivity index (χ1n) is 5.17. The van der Waals surface area contributed by atoms with E-state index in [0.29, 0.717) is 24.7 Å². The van der Waals surface area contributed by atoms with Crippen LogP contribution in [0, 0.1) is 6.92 Å². The van der Waals surface area contributed by atoms with Crippen molar-refractivity contribution in [3.63, 3.8) is 0 Å². The summed E-state index contributed by atoms with van der Waals surface area (Å²) in [7, 11) is 0. The fourth-order valence-corrected chi connectivity index (χ4v) is 2.07. The molecule has 0 saturated heterocycles. The molecule has 1 aromatic heterocycles. The van der Waals surface area contributed by atoms with Gasteiger partial charge in [0.25, 0.3) is 0 Å². The fourth-order valence-electron chi connectivity index (χ4n) is 2.07. The maximum atomic E-state index is 11.3. The van der Waals surface area contributed by atoms with E-state index in [-0.39, 0.29) is 0 Å². The number of aryl methyl sites for hydroxylation is 1. The fraction of sp³-hybridized carbons (Fsp3) is 0.636. The second-order valence-corrected chi connectivity index (χ2v) is 4.28. The molecule has 0 radical (unpaired) electrons. The van der Waals surface area contributed by atoms with Crippen LogP contribution in [0.3, 0.4) is 0 Å². The molecular formula is C11H16N2O. The molecular weight excluding hydrogens is 176 g/mol. The summed E-state index contributed by atoms with van der Waals surface area (Å²) in [6, 6.07) is 0. The molecule has 1 aliphatic heterocycles. The molecule has 3 heteroatoms. The number of fused-ring (bicyclic) bond motifs is 1. The van der Waals surface area contributed by atoms with E-state index in [1.807, 2.05) is 0 Å². The predicted octanol–water partition coefficient (Wildman–Crippen LogP) is 1.83. The first kappa shape index (κ1) is 9.44. The Kier molecular flexibility index (Phi) is 2.17. The second kappa shape index (κ2) is 3.23. The van der Waals surface area contributed by atoms with E-state index in [2.05, 4.69) is 30.3 Å². The van der Waals surface area contributed by atoms with Crippen LogP contribution in [-0.4, -0.2) is 15.3 Å². The number of carbonyl (C=O) groups is 1. The van der Waals surface area contributed by atoms with Crippen molar-refractivity contribution in [3.05, 3.63) is 17.2 Å². The zero-order valence-electron chi connectivity index (χ0n) is 9.00. The molecule has 0 atom stereocenters. The van der Waals surface area contributed by atoms with Gasteiger partial charge in [-0.05, 0) is 12.8 Å². The number of Topliss-reactive ketones (excluding diaryl/α,β-unsaturated/α-hetero) is 1. The SMILES string of the molecule is Cc1c(C(C)C)nc2n1CC(=O)CC2.